The molecular formula is C14H13N3S. The molecule has 0 aliphatic rings. The number of hydrogen-bond donors (Lipinski definition) is 1. The Morgan fingerprint density at radius 2 is 2.11 bits per heavy atom. The van der Waals surface area contributed by atoms with Gasteiger partial charge in [-0.15, -0.1) is 11.3 Å². The van der Waals surface area contributed by atoms with Crippen LogP contribution in [0.2, 0.25) is 0 Å². The van der Waals surface area contributed by atoms with E-state index in [0.29, 0.717) is 0 Å². The summed E-state index contributed by atoms with van der Waals surface area (Å²) in [6.45, 7) is 2.10. The van der Waals surface area contributed by atoms with Crippen molar-refractivity contribution in [2.75, 3.05) is 5.73 Å². The molecule has 0 spiro atoms. The first-order valence-corrected chi connectivity index (χ1v) is 6.69. The van der Waals surface area contributed by atoms with Crippen LogP contribution in [0.3, 0.4) is 0 Å². The topological polar surface area (TPSA) is 51.8 Å². The van der Waals surface area contributed by atoms with Crippen molar-refractivity contribution in [2.45, 2.75) is 13.3 Å². The fourth-order valence-electron chi connectivity index (χ4n) is 1.82. The van der Waals surface area contributed by atoms with Gasteiger partial charge in [-0.05, 0) is 36.8 Å². The molecule has 0 bridgehead atoms. The Balaban J connectivity index is 2.07. The summed E-state index contributed by atoms with van der Waals surface area (Å²) in [5, 5.41) is 0.991. The second kappa shape index (κ2) is 4.38. The first kappa shape index (κ1) is 11.2. The summed E-state index contributed by atoms with van der Waals surface area (Å²) in [7, 11) is 0. The summed E-state index contributed by atoms with van der Waals surface area (Å²) >= 11 is 1.65. The molecule has 1 aromatic carbocycles. The molecule has 0 radical (unpaired) electrons. The molecule has 0 saturated heterocycles. The highest BCUT2D eigenvalue weighted by Gasteiger charge is 2.06. The quantitative estimate of drug-likeness (QED) is 0.713. The normalized spacial score (nSPS) is 10.9. The van der Waals surface area contributed by atoms with Crippen LogP contribution in [0, 0.1) is 0 Å². The van der Waals surface area contributed by atoms with E-state index in [9.17, 15) is 0 Å². The minimum absolute atomic E-state index is 0.775. The van der Waals surface area contributed by atoms with E-state index >= 15 is 0 Å². The third-order valence-electron chi connectivity index (χ3n) is 2.85. The number of nitrogens with zero attached hydrogens (tertiary/aromatic N) is 2. The standard InChI is InChI=1S/C14H13N3S/c1-2-11-5-3-9(8-16-11)14-17-12-6-4-10(15)7-13(12)18-14/h3-8H,2,15H2,1H3. The van der Waals surface area contributed by atoms with Crippen LogP contribution >= 0.6 is 11.3 Å². The van der Waals surface area contributed by atoms with E-state index in [4.69, 9.17) is 5.73 Å². The lowest BCUT2D eigenvalue weighted by atomic mass is 10.2. The zero-order valence-electron chi connectivity index (χ0n) is 10.1. The smallest absolute Gasteiger partial charge is 0.126 e. The van der Waals surface area contributed by atoms with Crippen LogP contribution in [0.5, 0.6) is 0 Å². The van der Waals surface area contributed by atoms with E-state index in [-0.39, 0.29) is 0 Å². The van der Waals surface area contributed by atoms with Crippen molar-refractivity contribution in [3.05, 3.63) is 42.2 Å². The first-order valence-electron chi connectivity index (χ1n) is 5.87. The van der Waals surface area contributed by atoms with E-state index in [1.165, 1.54) is 0 Å². The average Bonchev–Trinajstić information content (AvgIpc) is 2.81. The predicted octanol–water partition coefficient (Wildman–Crippen LogP) is 3.50. The highest BCUT2D eigenvalue weighted by molar-refractivity contribution is 7.21. The van der Waals surface area contributed by atoms with E-state index in [0.717, 1.165) is 38.6 Å². The van der Waals surface area contributed by atoms with Crippen molar-refractivity contribution in [1.29, 1.82) is 0 Å². The van der Waals surface area contributed by atoms with Crippen molar-refractivity contribution in [1.82, 2.24) is 9.97 Å². The van der Waals surface area contributed by atoms with E-state index in [1.807, 2.05) is 24.4 Å². The van der Waals surface area contributed by atoms with Gasteiger partial charge in [-0.2, -0.15) is 0 Å². The number of aryl methyl sites for hydroxylation is 1. The number of benzene rings is 1. The second-order valence-corrected chi connectivity index (χ2v) is 5.17. The monoisotopic (exact) mass is 255 g/mol. The number of pyridine rings is 1. The van der Waals surface area contributed by atoms with Crippen molar-refractivity contribution < 1.29 is 0 Å². The van der Waals surface area contributed by atoms with Crippen molar-refractivity contribution in [3.8, 4) is 10.6 Å². The molecule has 0 unspecified atom stereocenters. The highest BCUT2D eigenvalue weighted by Crippen LogP contribution is 2.30. The SMILES string of the molecule is CCc1ccc(-c2nc3ccc(N)cc3s2)cn1. The number of fused-ring (bicyclic) bond motifs is 1. The van der Waals surface area contributed by atoms with Gasteiger partial charge in [0.25, 0.3) is 0 Å². The molecule has 0 fully saturated rings. The lowest BCUT2D eigenvalue weighted by molar-refractivity contribution is 1.04. The van der Waals surface area contributed by atoms with E-state index in [2.05, 4.69) is 29.0 Å². The van der Waals surface area contributed by atoms with Crippen LogP contribution in [0.15, 0.2) is 36.5 Å². The highest BCUT2D eigenvalue weighted by atomic mass is 32.1. The number of nitrogens with two attached hydrogens (primary N) is 1. The number of nitrogen functional groups attached to an aromatic ring is 1. The minimum atomic E-state index is 0.775. The molecule has 2 N–H and O–H groups in total. The van der Waals surface area contributed by atoms with Crippen LogP contribution < -0.4 is 5.73 Å². The van der Waals surface area contributed by atoms with Gasteiger partial charge < -0.3 is 5.73 Å². The second-order valence-electron chi connectivity index (χ2n) is 4.14. The number of thiazole rings is 1. The van der Waals surface area contributed by atoms with Crippen LogP contribution in [0.1, 0.15) is 12.6 Å². The maximum atomic E-state index is 5.78. The van der Waals surface area contributed by atoms with Crippen molar-refractivity contribution in [2.24, 2.45) is 0 Å². The van der Waals surface area contributed by atoms with Crippen LogP contribution in [0.4, 0.5) is 5.69 Å². The Bertz CT molecular complexity index is 686. The molecule has 3 rings (SSSR count). The number of hydrogen-bond acceptors (Lipinski definition) is 4. The molecule has 0 amide bonds. The van der Waals surface area contributed by atoms with Crippen LogP contribution in [0.25, 0.3) is 20.8 Å². The van der Waals surface area contributed by atoms with Gasteiger partial charge in [0.1, 0.15) is 5.01 Å². The molecule has 2 heterocycles. The zero-order chi connectivity index (χ0) is 12.5. The first-order chi connectivity index (χ1) is 8.76. The molecule has 3 aromatic rings. The van der Waals surface area contributed by atoms with E-state index < -0.39 is 0 Å². The molecule has 0 aliphatic heterocycles. The molecule has 0 atom stereocenters. The summed E-state index contributed by atoms with van der Waals surface area (Å²) in [5.74, 6) is 0. The average molecular weight is 255 g/mol. The third-order valence-corrected chi connectivity index (χ3v) is 3.91. The predicted molar refractivity (Wildman–Crippen MR) is 76.6 cm³/mol. The van der Waals surface area contributed by atoms with Crippen molar-refractivity contribution >= 4 is 27.2 Å². The molecule has 2 aromatic heterocycles. The summed E-state index contributed by atoms with van der Waals surface area (Å²) in [6, 6.07) is 9.93. The van der Waals surface area contributed by atoms with Gasteiger partial charge in [0.15, 0.2) is 0 Å². The molecular weight excluding hydrogens is 242 g/mol. The third kappa shape index (κ3) is 1.95. The number of anilines is 1. The number of rotatable bonds is 2. The summed E-state index contributed by atoms with van der Waals surface area (Å²) in [4.78, 5) is 9.01. The minimum Gasteiger partial charge on any atom is -0.399 e. The van der Waals surface area contributed by atoms with Gasteiger partial charge in [0.2, 0.25) is 0 Å². The van der Waals surface area contributed by atoms with Crippen LogP contribution in [-0.2, 0) is 6.42 Å². The van der Waals surface area contributed by atoms with Gasteiger partial charge in [-0.1, -0.05) is 6.92 Å². The molecule has 0 saturated carbocycles. The molecule has 18 heavy (non-hydrogen) atoms. The van der Waals surface area contributed by atoms with Crippen molar-refractivity contribution in [3.63, 3.8) is 0 Å². The van der Waals surface area contributed by atoms with E-state index in [1.54, 1.807) is 11.3 Å². The van der Waals surface area contributed by atoms with Gasteiger partial charge in [0.05, 0.1) is 10.2 Å². The fraction of sp³-hybridized carbons (Fsp3) is 0.143. The molecule has 90 valence electrons. The van der Waals surface area contributed by atoms with Gasteiger partial charge in [0, 0.05) is 23.1 Å². The Kier molecular flexibility index (Phi) is 2.72. The summed E-state index contributed by atoms with van der Waals surface area (Å²) < 4.78 is 1.12. The molecule has 0 aliphatic carbocycles. The number of aromatic nitrogens is 2. The van der Waals surface area contributed by atoms with Gasteiger partial charge in [-0.3, -0.25) is 4.98 Å². The lowest BCUT2D eigenvalue weighted by Gasteiger charge is -1.97. The maximum Gasteiger partial charge on any atom is 0.126 e. The summed E-state index contributed by atoms with van der Waals surface area (Å²) in [6.07, 6.45) is 2.84. The molecule has 3 nitrogen and oxygen atoms in total. The largest absolute Gasteiger partial charge is 0.399 e. The van der Waals surface area contributed by atoms with Gasteiger partial charge in [-0.25, -0.2) is 4.98 Å². The Morgan fingerprint density at radius 3 is 2.83 bits per heavy atom. The summed E-state index contributed by atoms with van der Waals surface area (Å²) in [5.41, 5.74) is 9.70. The van der Waals surface area contributed by atoms with Crippen LogP contribution in [-0.4, -0.2) is 9.97 Å². The Hall–Kier alpha value is -1.94. The van der Waals surface area contributed by atoms with Gasteiger partial charge >= 0.3 is 0 Å². The Morgan fingerprint density at radius 1 is 1.22 bits per heavy atom. The Labute approximate surface area is 109 Å². The lowest BCUT2D eigenvalue weighted by Crippen LogP contribution is -1.86. The zero-order valence-corrected chi connectivity index (χ0v) is 10.9. The molecule has 4 heteroatoms. The fourth-order valence-corrected chi connectivity index (χ4v) is 2.83. The maximum absolute atomic E-state index is 5.78.